The molecule has 0 saturated heterocycles. The lowest BCUT2D eigenvalue weighted by Crippen LogP contribution is -2.13. The molecule has 0 aliphatic heterocycles. The lowest BCUT2D eigenvalue weighted by molar-refractivity contribution is -0.384. The van der Waals surface area contributed by atoms with Crippen molar-refractivity contribution >= 4 is 23.4 Å². The van der Waals surface area contributed by atoms with Crippen molar-refractivity contribution in [3.63, 3.8) is 0 Å². The Hall–Kier alpha value is -3.77. The standard InChI is InChI=1S/C13H8F3N7O3/c14-13(15,16)12-20-19-11-4-3-10(21-22(11)12)18-17-6-7-5-8(23(25)26)1-2-9(7)24/h1-6,24H,(H,18,21)/b17-6+. The molecule has 3 aromatic rings. The van der Waals surface area contributed by atoms with Crippen LogP contribution in [0.25, 0.3) is 5.65 Å². The second-order valence-corrected chi connectivity index (χ2v) is 4.88. The molecule has 0 aliphatic rings. The molecule has 13 heteroatoms. The second-order valence-electron chi connectivity index (χ2n) is 4.88. The third-order valence-electron chi connectivity index (χ3n) is 3.12. The summed E-state index contributed by atoms with van der Waals surface area (Å²) in [6.45, 7) is 0. The quantitative estimate of drug-likeness (QED) is 0.410. The molecule has 2 heterocycles. The number of phenolic OH excluding ortho intramolecular Hbond substituents is 1. The number of aromatic nitrogens is 4. The molecule has 2 aromatic heterocycles. The van der Waals surface area contributed by atoms with E-state index < -0.39 is 16.9 Å². The SMILES string of the molecule is O=[N+]([O-])c1ccc(O)c(/C=N/Nc2ccc3nnc(C(F)(F)F)n3n2)c1. The average Bonchev–Trinajstić information content (AvgIpc) is 2.99. The smallest absolute Gasteiger partial charge is 0.453 e. The van der Waals surface area contributed by atoms with Gasteiger partial charge < -0.3 is 5.11 Å². The van der Waals surface area contributed by atoms with Crippen molar-refractivity contribution in [1.82, 2.24) is 19.8 Å². The summed E-state index contributed by atoms with van der Waals surface area (Å²) in [7, 11) is 0. The summed E-state index contributed by atoms with van der Waals surface area (Å²) >= 11 is 0. The van der Waals surface area contributed by atoms with Crippen LogP contribution in [0, 0.1) is 10.1 Å². The number of anilines is 1. The van der Waals surface area contributed by atoms with Crippen LogP contribution in [0.4, 0.5) is 24.7 Å². The summed E-state index contributed by atoms with van der Waals surface area (Å²) in [5, 5.41) is 34.1. The summed E-state index contributed by atoms with van der Waals surface area (Å²) in [6, 6.07) is 5.88. The summed E-state index contributed by atoms with van der Waals surface area (Å²) in [5.41, 5.74) is 2.03. The molecule has 26 heavy (non-hydrogen) atoms. The highest BCUT2D eigenvalue weighted by atomic mass is 19.4. The van der Waals surface area contributed by atoms with Crippen molar-refractivity contribution < 1.29 is 23.2 Å². The number of benzene rings is 1. The molecule has 2 N–H and O–H groups in total. The summed E-state index contributed by atoms with van der Waals surface area (Å²) < 4.78 is 38.9. The number of fused-ring (bicyclic) bond motifs is 1. The Balaban J connectivity index is 1.85. The van der Waals surface area contributed by atoms with Crippen LogP contribution in [0.1, 0.15) is 11.4 Å². The van der Waals surface area contributed by atoms with Crippen LogP contribution in [-0.4, -0.2) is 36.1 Å². The number of phenols is 1. The minimum absolute atomic E-state index is 0.0352. The molecule has 10 nitrogen and oxygen atoms in total. The third-order valence-corrected chi connectivity index (χ3v) is 3.12. The normalized spacial score (nSPS) is 12.0. The van der Waals surface area contributed by atoms with E-state index in [9.17, 15) is 28.4 Å². The topological polar surface area (TPSA) is 131 Å². The fourth-order valence-electron chi connectivity index (χ4n) is 1.95. The molecule has 0 saturated carbocycles. The maximum atomic E-state index is 12.8. The Morgan fingerprint density at radius 3 is 2.73 bits per heavy atom. The highest BCUT2D eigenvalue weighted by Crippen LogP contribution is 2.27. The molecule has 0 radical (unpaired) electrons. The molecule has 0 bridgehead atoms. The number of halogens is 3. The van der Waals surface area contributed by atoms with Gasteiger partial charge in [-0.25, -0.2) is 0 Å². The zero-order chi connectivity index (χ0) is 18.9. The first-order valence-electron chi connectivity index (χ1n) is 6.82. The van der Waals surface area contributed by atoms with E-state index in [4.69, 9.17) is 0 Å². The number of hydrogen-bond donors (Lipinski definition) is 2. The van der Waals surface area contributed by atoms with Crippen LogP contribution >= 0.6 is 0 Å². The van der Waals surface area contributed by atoms with Crippen molar-refractivity contribution in [1.29, 1.82) is 0 Å². The lowest BCUT2D eigenvalue weighted by Gasteiger charge is -2.04. The fourth-order valence-corrected chi connectivity index (χ4v) is 1.95. The Labute approximate surface area is 141 Å². The van der Waals surface area contributed by atoms with E-state index in [1.807, 2.05) is 0 Å². The molecule has 0 fully saturated rings. The zero-order valence-corrected chi connectivity index (χ0v) is 12.5. The zero-order valence-electron chi connectivity index (χ0n) is 12.5. The van der Waals surface area contributed by atoms with Crippen molar-refractivity contribution in [2.75, 3.05) is 5.43 Å². The number of aromatic hydroxyl groups is 1. The van der Waals surface area contributed by atoms with E-state index >= 15 is 0 Å². The number of hydrogen-bond acceptors (Lipinski definition) is 8. The van der Waals surface area contributed by atoms with Gasteiger partial charge in [0.05, 0.1) is 11.1 Å². The Morgan fingerprint density at radius 2 is 2.04 bits per heavy atom. The van der Waals surface area contributed by atoms with Gasteiger partial charge in [0.2, 0.25) is 0 Å². The number of nitrogens with one attached hydrogen (secondary N) is 1. The Morgan fingerprint density at radius 1 is 1.27 bits per heavy atom. The van der Waals surface area contributed by atoms with Crippen LogP contribution in [0.15, 0.2) is 35.4 Å². The Kier molecular flexibility index (Phi) is 4.11. The van der Waals surface area contributed by atoms with E-state index in [2.05, 4.69) is 25.8 Å². The van der Waals surface area contributed by atoms with Crippen LogP contribution in [0.5, 0.6) is 5.75 Å². The molecular weight excluding hydrogens is 359 g/mol. The van der Waals surface area contributed by atoms with Gasteiger partial charge >= 0.3 is 6.18 Å². The minimum atomic E-state index is -4.73. The van der Waals surface area contributed by atoms with Gasteiger partial charge in [-0.2, -0.15) is 22.8 Å². The summed E-state index contributed by atoms with van der Waals surface area (Å²) in [6.07, 6.45) is -3.67. The van der Waals surface area contributed by atoms with E-state index in [1.54, 1.807) is 0 Å². The first kappa shape index (κ1) is 17.1. The molecule has 3 rings (SSSR count). The highest BCUT2D eigenvalue weighted by Gasteiger charge is 2.37. The molecule has 134 valence electrons. The van der Waals surface area contributed by atoms with Crippen molar-refractivity contribution in [2.45, 2.75) is 6.18 Å². The van der Waals surface area contributed by atoms with Gasteiger partial charge in [-0.3, -0.25) is 15.5 Å². The number of nitro groups is 1. The predicted molar refractivity (Wildman–Crippen MR) is 81.8 cm³/mol. The van der Waals surface area contributed by atoms with Crippen molar-refractivity contribution in [2.24, 2.45) is 5.10 Å². The van der Waals surface area contributed by atoms with Crippen molar-refractivity contribution in [3.05, 3.63) is 51.8 Å². The van der Waals surface area contributed by atoms with Gasteiger partial charge in [-0.05, 0) is 18.2 Å². The van der Waals surface area contributed by atoms with E-state index in [0.29, 0.717) is 4.52 Å². The van der Waals surface area contributed by atoms with Crippen LogP contribution in [-0.2, 0) is 6.18 Å². The highest BCUT2D eigenvalue weighted by molar-refractivity contribution is 5.84. The molecule has 0 spiro atoms. The largest absolute Gasteiger partial charge is 0.507 e. The van der Waals surface area contributed by atoms with E-state index in [1.165, 1.54) is 12.1 Å². The van der Waals surface area contributed by atoms with Gasteiger partial charge in [0.15, 0.2) is 11.5 Å². The molecular formula is C13H8F3N7O3. The fraction of sp³-hybridized carbons (Fsp3) is 0.0769. The number of alkyl halides is 3. The van der Waals surface area contributed by atoms with Gasteiger partial charge in [0.1, 0.15) is 5.75 Å². The van der Waals surface area contributed by atoms with E-state index in [0.717, 1.165) is 24.4 Å². The molecule has 0 aliphatic carbocycles. The van der Waals surface area contributed by atoms with Gasteiger partial charge in [-0.1, -0.05) is 0 Å². The lowest BCUT2D eigenvalue weighted by atomic mass is 10.2. The van der Waals surface area contributed by atoms with Gasteiger partial charge in [0, 0.05) is 17.7 Å². The number of rotatable bonds is 4. The van der Waals surface area contributed by atoms with E-state index in [-0.39, 0.29) is 28.5 Å². The molecule has 1 aromatic carbocycles. The van der Waals surface area contributed by atoms with Gasteiger partial charge in [0.25, 0.3) is 11.5 Å². The second kappa shape index (κ2) is 6.27. The number of nitrogens with zero attached hydrogens (tertiary/aromatic N) is 6. The predicted octanol–water partition coefficient (Wildman–Crippen LogP) is 2.20. The van der Waals surface area contributed by atoms with Gasteiger partial charge in [-0.15, -0.1) is 15.3 Å². The summed E-state index contributed by atoms with van der Waals surface area (Å²) in [5.74, 6) is -1.62. The number of nitro benzene ring substituents is 1. The maximum Gasteiger partial charge on any atom is 0.453 e. The first-order valence-corrected chi connectivity index (χ1v) is 6.82. The number of hydrazone groups is 1. The minimum Gasteiger partial charge on any atom is -0.507 e. The molecule has 0 unspecified atom stereocenters. The summed E-state index contributed by atoms with van der Waals surface area (Å²) in [4.78, 5) is 10.1. The monoisotopic (exact) mass is 367 g/mol. The van der Waals surface area contributed by atoms with Crippen LogP contribution in [0.3, 0.4) is 0 Å². The number of non-ortho nitro benzene ring substituents is 1. The third kappa shape index (κ3) is 3.35. The van der Waals surface area contributed by atoms with Crippen molar-refractivity contribution in [3.8, 4) is 5.75 Å². The average molecular weight is 367 g/mol. The first-order chi connectivity index (χ1) is 12.3. The maximum absolute atomic E-state index is 12.8. The Bertz CT molecular complexity index is 1020. The molecule has 0 amide bonds. The molecule has 0 atom stereocenters. The van der Waals surface area contributed by atoms with Crippen LogP contribution < -0.4 is 5.43 Å². The van der Waals surface area contributed by atoms with Crippen LogP contribution in [0.2, 0.25) is 0 Å².